The fourth-order valence-corrected chi connectivity index (χ4v) is 2.55. The van der Waals surface area contributed by atoms with E-state index in [0.29, 0.717) is 16.4 Å². The Morgan fingerprint density at radius 2 is 1.76 bits per heavy atom. The van der Waals surface area contributed by atoms with Gasteiger partial charge in [-0.05, 0) is 25.1 Å². The molecule has 0 bridgehead atoms. The van der Waals surface area contributed by atoms with Crippen LogP contribution in [0.15, 0.2) is 65.7 Å². The van der Waals surface area contributed by atoms with E-state index < -0.39 is 11.9 Å². The third-order valence-electron chi connectivity index (χ3n) is 3.41. The lowest BCUT2D eigenvalue weighted by atomic mass is 10.1. The van der Waals surface area contributed by atoms with Crippen LogP contribution in [0.3, 0.4) is 0 Å². The fraction of sp³-hybridized carbons (Fsp3) is 0.111. The number of benzene rings is 2. The second-order valence-electron chi connectivity index (χ2n) is 5.36. The van der Waals surface area contributed by atoms with Gasteiger partial charge in [0.1, 0.15) is 0 Å². The van der Waals surface area contributed by atoms with Gasteiger partial charge in [-0.25, -0.2) is 9.67 Å². The molecule has 0 aliphatic carbocycles. The van der Waals surface area contributed by atoms with Crippen molar-refractivity contribution >= 4 is 23.1 Å². The minimum Gasteiger partial charge on any atom is -0.223 e. The maximum absolute atomic E-state index is 13.5. The molecular weight excluding hydrogens is 351 g/mol. The molecule has 0 saturated carbocycles. The number of rotatable bonds is 3. The molecule has 25 heavy (non-hydrogen) atoms. The van der Waals surface area contributed by atoms with Crippen LogP contribution in [0.1, 0.15) is 11.3 Å². The predicted molar refractivity (Wildman–Crippen MR) is 92.0 cm³/mol. The van der Waals surface area contributed by atoms with Crippen LogP contribution in [0.4, 0.5) is 19.0 Å². The third kappa shape index (κ3) is 3.91. The van der Waals surface area contributed by atoms with Crippen LogP contribution in [0.2, 0.25) is 5.02 Å². The number of aryl methyl sites for hydroxylation is 1. The molecule has 0 saturated heterocycles. The highest BCUT2D eigenvalue weighted by molar-refractivity contribution is 6.30. The van der Waals surface area contributed by atoms with Crippen LogP contribution in [0.25, 0.3) is 5.69 Å². The summed E-state index contributed by atoms with van der Waals surface area (Å²) in [6, 6.07) is 15.7. The number of aliphatic imine (C=N–C) groups is 1. The van der Waals surface area contributed by atoms with E-state index in [-0.39, 0.29) is 11.4 Å². The van der Waals surface area contributed by atoms with E-state index in [1.54, 1.807) is 37.3 Å². The lowest BCUT2D eigenvalue weighted by molar-refractivity contribution is -0.0580. The standard InChI is InChI=1S/C18H13ClF3N3/c1-12-10-16(25(24-12)15-9-5-8-14(19)11-15)23-17(18(20,21)22)13-6-3-2-4-7-13/h2-11H,1H3/b23-17-. The molecule has 2 aromatic carbocycles. The summed E-state index contributed by atoms with van der Waals surface area (Å²) in [6.45, 7) is 1.69. The van der Waals surface area contributed by atoms with Crippen LogP contribution < -0.4 is 0 Å². The highest BCUT2D eigenvalue weighted by Crippen LogP contribution is 2.28. The van der Waals surface area contributed by atoms with E-state index in [2.05, 4.69) is 10.1 Å². The number of alkyl halides is 3. The number of hydrogen-bond donors (Lipinski definition) is 0. The van der Waals surface area contributed by atoms with E-state index in [9.17, 15) is 13.2 Å². The Bertz CT molecular complexity index is 915. The van der Waals surface area contributed by atoms with Crippen LogP contribution in [-0.4, -0.2) is 21.7 Å². The molecule has 0 unspecified atom stereocenters. The average Bonchev–Trinajstić information content (AvgIpc) is 2.93. The van der Waals surface area contributed by atoms with E-state index in [0.717, 1.165) is 0 Å². The van der Waals surface area contributed by atoms with Crippen molar-refractivity contribution in [3.63, 3.8) is 0 Å². The topological polar surface area (TPSA) is 30.2 Å². The summed E-state index contributed by atoms with van der Waals surface area (Å²) in [5, 5.41) is 4.69. The molecule has 0 radical (unpaired) electrons. The maximum atomic E-state index is 13.5. The summed E-state index contributed by atoms with van der Waals surface area (Å²) in [5.41, 5.74) is 0.102. The van der Waals surface area contributed by atoms with Gasteiger partial charge < -0.3 is 0 Å². The van der Waals surface area contributed by atoms with Crippen molar-refractivity contribution in [3.05, 3.63) is 76.9 Å². The van der Waals surface area contributed by atoms with E-state index in [1.165, 1.54) is 35.0 Å². The zero-order chi connectivity index (χ0) is 18.0. The summed E-state index contributed by atoms with van der Waals surface area (Å²) in [4.78, 5) is 3.88. The lowest BCUT2D eigenvalue weighted by Gasteiger charge is -2.11. The van der Waals surface area contributed by atoms with Crippen molar-refractivity contribution in [2.45, 2.75) is 13.1 Å². The Hall–Kier alpha value is -2.60. The first-order valence-corrected chi connectivity index (χ1v) is 7.76. The molecule has 0 N–H and O–H groups in total. The SMILES string of the molecule is Cc1cc(/N=C(/c2ccccc2)C(F)(F)F)n(-c2cccc(Cl)c2)n1. The Morgan fingerprint density at radius 1 is 1.04 bits per heavy atom. The number of hydrogen-bond acceptors (Lipinski definition) is 2. The molecule has 0 amide bonds. The van der Waals surface area contributed by atoms with E-state index in [4.69, 9.17) is 11.6 Å². The first-order valence-electron chi connectivity index (χ1n) is 7.38. The second kappa shape index (κ2) is 6.72. The smallest absolute Gasteiger partial charge is 0.223 e. The van der Waals surface area contributed by atoms with Crippen molar-refractivity contribution in [2.75, 3.05) is 0 Å². The van der Waals surface area contributed by atoms with E-state index >= 15 is 0 Å². The summed E-state index contributed by atoms with van der Waals surface area (Å²) in [5.74, 6) is 0.0796. The Morgan fingerprint density at radius 3 is 2.40 bits per heavy atom. The third-order valence-corrected chi connectivity index (χ3v) is 3.64. The minimum absolute atomic E-state index is 0.00787. The molecule has 3 nitrogen and oxygen atoms in total. The molecule has 0 spiro atoms. The summed E-state index contributed by atoms with van der Waals surface area (Å²) < 4.78 is 41.9. The van der Waals surface area contributed by atoms with Gasteiger partial charge in [0, 0.05) is 16.7 Å². The fourth-order valence-electron chi connectivity index (χ4n) is 2.37. The quantitative estimate of drug-likeness (QED) is 0.564. The Kier molecular flexibility index (Phi) is 4.63. The van der Waals surface area contributed by atoms with Crippen LogP contribution >= 0.6 is 11.6 Å². The molecule has 128 valence electrons. The van der Waals surface area contributed by atoms with E-state index in [1.807, 2.05) is 0 Å². The summed E-state index contributed by atoms with van der Waals surface area (Å²) >= 11 is 5.97. The summed E-state index contributed by atoms with van der Waals surface area (Å²) in [7, 11) is 0. The number of nitrogens with zero attached hydrogens (tertiary/aromatic N) is 3. The molecule has 7 heteroatoms. The largest absolute Gasteiger partial charge is 0.434 e. The highest BCUT2D eigenvalue weighted by atomic mass is 35.5. The zero-order valence-electron chi connectivity index (χ0n) is 13.1. The lowest BCUT2D eigenvalue weighted by Crippen LogP contribution is -2.24. The van der Waals surface area contributed by atoms with Gasteiger partial charge in [0.2, 0.25) is 0 Å². The molecule has 3 aromatic rings. The molecule has 0 aliphatic heterocycles. The van der Waals surface area contributed by atoms with Gasteiger partial charge in [-0.3, -0.25) is 0 Å². The van der Waals surface area contributed by atoms with Gasteiger partial charge in [0.15, 0.2) is 11.5 Å². The van der Waals surface area contributed by atoms with Crippen molar-refractivity contribution in [1.82, 2.24) is 9.78 Å². The van der Waals surface area contributed by atoms with Crippen molar-refractivity contribution in [1.29, 1.82) is 0 Å². The average molecular weight is 364 g/mol. The molecule has 1 heterocycles. The maximum Gasteiger partial charge on any atom is 0.434 e. The van der Waals surface area contributed by atoms with Crippen LogP contribution in [-0.2, 0) is 0 Å². The molecule has 0 atom stereocenters. The Labute approximate surface area is 147 Å². The monoisotopic (exact) mass is 363 g/mol. The van der Waals surface area contributed by atoms with Crippen molar-refractivity contribution in [3.8, 4) is 5.69 Å². The van der Waals surface area contributed by atoms with Gasteiger partial charge in [-0.15, -0.1) is 0 Å². The Balaban J connectivity index is 2.16. The predicted octanol–water partition coefficient (Wildman–Crippen LogP) is 5.52. The molecule has 1 aromatic heterocycles. The van der Waals surface area contributed by atoms with Gasteiger partial charge in [-0.1, -0.05) is 48.0 Å². The number of aromatic nitrogens is 2. The normalized spacial score (nSPS) is 12.4. The van der Waals surface area contributed by atoms with Gasteiger partial charge in [-0.2, -0.15) is 18.3 Å². The number of halogens is 4. The molecule has 3 rings (SSSR count). The zero-order valence-corrected chi connectivity index (χ0v) is 13.9. The van der Waals surface area contributed by atoms with Gasteiger partial charge in [0.25, 0.3) is 0 Å². The first-order chi connectivity index (χ1) is 11.8. The van der Waals surface area contributed by atoms with Crippen molar-refractivity contribution in [2.24, 2.45) is 4.99 Å². The first kappa shape index (κ1) is 17.2. The van der Waals surface area contributed by atoms with Crippen LogP contribution in [0.5, 0.6) is 0 Å². The minimum atomic E-state index is -4.60. The summed E-state index contributed by atoms with van der Waals surface area (Å²) in [6.07, 6.45) is -4.60. The van der Waals surface area contributed by atoms with Crippen molar-refractivity contribution < 1.29 is 13.2 Å². The highest BCUT2D eigenvalue weighted by Gasteiger charge is 2.37. The molecular formula is C18H13ClF3N3. The van der Waals surface area contributed by atoms with Gasteiger partial charge in [0.05, 0.1) is 11.4 Å². The van der Waals surface area contributed by atoms with Crippen LogP contribution in [0, 0.1) is 6.92 Å². The second-order valence-corrected chi connectivity index (χ2v) is 5.80. The molecule has 0 aliphatic rings. The van der Waals surface area contributed by atoms with Gasteiger partial charge >= 0.3 is 6.18 Å². The molecule has 0 fully saturated rings.